The first-order valence-corrected chi connectivity index (χ1v) is 13.8. The Hall–Kier alpha value is -3.89. The van der Waals surface area contributed by atoms with E-state index in [4.69, 9.17) is 18.9 Å². The second-order valence-electron chi connectivity index (χ2n) is 9.10. The standard InChI is InChI=1S/C29H31NO8S/c1-19-9-11-22(12-10-19)39(33,34)30-14-13-20-7-5-6-8-23(20)24(30)17-28(32)38-18-25(31)21-15-26(35-2)29(37-4)27(16-21)36-3/h5-12,15-16,24H,13-14,17-18H2,1-4H3/t24-/m0/s1. The number of carbonyl (C=O) groups excluding carboxylic acids is 2. The van der Waals surface area contributed by atoms with Crippen LogP contribution in [0.4, 0.5) is 0 Å². The van der Waals surface area contributed by atoms with Crippen LogP contribution >= 0.6 is 0 Å². The monoisotopic (exact) mass is 553 g/mol. The first-order valence-electron chi connectivity index (χ1n) is 12.3. The Balaban J connectivity index is 1.54. The molecule has 0 aliphatic carbocycles. The van der Waals surface area contributed by atoms with Crippen molar-refractivity contribution in [3.8, 4) is 17.2 Å². The number of benzene rings is 3. The molecule has 1 atom stereocenters. The Morgan fingerprint density at radius 1 is 0.923 bits per heavy atom. The van der Waals surface area contributed by atoms with Crippen molar-refractivity contribution in [3.05, 3.63) is 82.9 Å². The number of methoxy groups -OCH3 is 3. The maximum Gasteiger partial charge on any atom is 0.308 e. The topological polar surface area (TPSA) is 108 Å². The lowest BCUT2D eigenvalue weighted by Crippen LogP contribution is -2.41. The van der Waals surface area contributed by atoms with E-state index in [1.165, 1.54) is 37.8 Å². The maximum atomic E-state index is 13.6. The van der Waals surface area contributed by atoms with Gasteiger partial charge in [0.15, 0.2) is 18.1 Å². The Morgan fingerprint density at radius 2 is 1.56 bits per heavy atom. The summed E-state index contributed by atoms with van der Waals surface area (Å²) in [5.74, 6) is -0.249. The van der Waals surface area contributed by atoms with Crippen molar-refractivity contribution in [2.75, 3.05) is 34.5 Å². The fourth-order valence-electron chi connectivity index (χ4n) is 4.66. The molecule has 1 aliphatic rings. The summed E-state index contributed by atoms with van der Waals surface area (Å²) in [6, 6.07) is 16.2. The van der Waals surface area contributed by atoms with Gasteiger partial charge in [0.1, 0.15) is 0 Å². The third-order valence-electron chi connectivity index (χ3n) is 6.70. The largest absolute Gasteiger partial charge is 0.493 e. The molecule has 0 amide bonds. The predicted octanol–water partition coefficient (Wildman–Crippen LogP) is 4.13. The molecule has 0 saturated heterocycles. The molecule has 39 heavy (non-hydrogen) atoms. The number of hydrogen-bond acceptors (Lipinski definition) is 8. The van der Waals surface area contributed by atoms with Gasteiger partial charge in [-0.05, 0) is 48.7 Å². The molecule has 9 nitrogen and oxygen atoms in total. The predicted molar refractivity (Wildman–Crippen MR) is 144 cm³/mol. The number of aryl methyl sites for hydroxylation is 1. The lowest BCUT2D eigenvalue weighted by atomic mass is 9.92. The summed E-state index contributed by atoms with van der Waals surface area (Å²) in [5, 5.41) is 0. The quantitative estimate of drug-likeness (QED) is 0.273. The number of hydrogen-bond donors (Lipinski definition) is 0. The molecule has 4 rings (SSSR count). The number of fused-ring (bicyclic) bond motifs is 1. The zero-order valence-electron chi connectivity index (χ0n) is 22.3. The number of carbonyl (C=O) groups is 2. The van der Waals surface area contributed by atoms with Crippen molar-refractivity contribution in [2.24, 2.45) is 0 Å². The summed E-state index contributed by atoms with van der Waals surface area (Å²) in [6.45, 7) is 1.57. The minimum atomic E-state index is -3.89. The fourth-order valence-corrected chi connectivity index (χ4v) is 6.27. The van der Waals surface area contributed by atoms with E-state index >= 15 is 0 Å². The molecule has 0 radical (unpaired) electrons. The first kappa shape index (κ1) is 28.1. The highest BCUT2D eigenvalue weighted by Crippen LogP contribution is 2.39. The summed E-state index contributed by atoms with van der Waals surface area (Å²) in [4.78, 5) is 26.0. The van der Waals surface area contributed by atoms with Crippen LogP contribution in [0, 0.1) is 6.92 Å². The molecule has 1 aliphatic heterocycles. The Labute approximate surface area is 228 Å². The number of nitrogens with zero attached hydrogens (tertiary/aromatic N) is 1. The Kier molecular flexibility index (Phi) is 8.57. The summed E-state index contributed by atoms with van der Waals surface area (Å²) >= 11 is 0. The van der Waals surface area contributed by atoms with Gasteiger partial charge >= 0.3 is 5.97 Å². The van der Waals surface area contributed by atoms with E-state index < -0.39 is 34.4 Å². The molecular formula is C29H31NO8S. The fraction of sp³-hybridized carbons (Fsp3) is 0.310. The molecule has 0 unspecified atom stereocenters. The van der Waals surface area contributed by atoms with Crippen molar-refractivity contribution < 1.29 is 37.0 Å². The normalized spacial score (nSPS) is 15.2. The second kappa shape index (κ2) is 11.9. The van der Waals surface area contributed by atoms with Crippen LogP contribution in [0.2, 0.25) is 0 Å². The summed E-state index contributed by atoms with van der Waals surface area (Å²) < 4.78 is 49.8. The van der Waals surface area contributed by atoms with Gasteiger partial charge in [0, 0.05) is 12.1 Å². The third-order valence-corrected chi connectivity index (χ3v) is 8.62. The van der Waals surface area contributed by atoms with E-state index in [0.29, 0.717) is 23.7 Å². The number of sulfonamides is 1. The smallest absolute Gasteiger partial charge is 0.308 e. The Bertz CT molecular complexity index is 1440. The molecule has 0 saturated carbocycles. The molecule has 3 aromatic carbocycles. The van der Waals surface area contributed by atoms with Crippen molar-refractivity contribution >= 4 is 21.8 Å². The summed E-state index contributed by atoms with van der Waals surface area (Å²) in [5.41, 5.74) is 2.87. The average Bonchev–Trinajstić information content (AvgIpc) is 2.95. The maximum absolute atomic E-state index is 13.6. The van der Waals surface area contributed by atoms with Gasteiger partial charge in [-0.1, -0.05) is 42.0 Å². The van der Waals surface area contributed by atoms with Crippen molar-refractivity contribution in [3.63, 3.8) is 0 Å². The zero-order valence-corrected chi connectivity index (χ0v) is 23.1. The van der Waals surface area contributed by atoms with E-state index in [1.54, 1.807) is 24.3 Å². The summed E-state index contributed by atoms with van der Waals surface area (Å²) in [6.07, 6.45) is 0.275. The van der Waals surface area contributed by atoms with E-state index in [1.807, 2.05) is 31.2 Å². The highest BCUT2D eigenvalue weighted by molar-refractivity contribution is 7.89. The first-order chi connectivity index (χ1) is 18.7. The molecule has 10 heteroatoms. The van der Waals surface area contributed by atoms with Crippen LogP contribution in [0.15, 0.2) is 65.6 Å². The molecule has 206 valence electrons. The van der Waals surface area contributed by atoms with E-state index in [9.17, 15) is 18.0 Å². The number of Topliss-reactive ketones (excluding diaryl/α,β-unsaturated/α-hetero) is 1. The highest BCUT2D eigenvalue weighted by Gasteiger charge is 2.38. The van der Waals surface area contributed by atoms with Crippen molar-refractivity contribution in [2.45, 2.75) is 30.7 Å². The van der Waals surface area contributed by atoms with Crippen LogP contribution < -0.4 is 14.2 Å². The molecule has 0 aromatic heterocycles. The van der Waals surface area contributed by atoms with Gasteiger partial charge < -0.3 is 18.9 Å². The van der Waals surface area contributed by atoms with Crippen LogP contribution in [0.1, 0.15) is 39.5 Å². The number of ketones is 1. The minimum absolute atomic E-state index is 0.156. The van der Waals surface area contributed by atoms with Gasteiger partial charge in [0.2, 0.25) is 21.6 Å². The molecule has 1 heterocycles. The van der Waals surface area contributed by atoms with Gasteiger partial charge in [0.25, 0.3) is 0 Å². The van der Waals surface area contributed by atoms with Crippen LogP contribution in [0.25, 0.3) is 0 Å². The van der Waals surface area contributed by atoms with E-state index in [-0.39, 0.29) is 23.4 Å². The highest BCUT2D eigenvalue weighted by atomic mass is 32.2. The second-order valence-corrected chi connectivity index (χ2v) is 11.0. The molecule has 3 aromatic rings. The Morgan fingerprint density at radius 3 is 2.18 bits per heavy atom. The SMILES string of the molecule is COc1cc(C(=O)COC(=O)C[C@H]2c3ccccc3CCN2S(=O)(=O)c2ccc(C)cc2)cc(OC)c1OC. The molecule has 0 bridgehead atoms. The lowest BCUT2D eigenvalue weighted by molar-refractivity contribution is -0.143. The summed E-state index contributed by atoms with van der Waals surface area (Å²) in [7, 11) is 0.429. The molecule has 0 N–H and O–H groups in total. The number of ether oxygens (including phenoxy) is 4. The average molecular weight is 554 g/mol. The van der Waals surface area contributed by atoms with Crippen LogP contribution in [-0.2, 0) is 26.0 Å². The van der Waals surface area contributed by atoms with Crippen LogP contribution in [0.3, 0.4) is 0 Å². The van der Waals surface area contributed by atoms with Gasteiger partial charge in [0.05, 0.1) is 38.7 Å². The third kappa shape index (κ3) is 5.91. The van der Waals surface area contributed by atoms with Crippen LogP contribution in [0.5, 0.6) is 17.2 Å². The van der Waals surface area contributed by atoms with Gasteiger partial charge in [-0.2, -0.15) is 4.31 Å². The molecule has 0 fully saturated rings. The van der Waals surface area contributed by atoms with Gasteiger partial charge in [-0.15, -0.1) is 0 Å². The zero-order chi connectivity index (χ0) is 28.2. The lowest BCUT2D eigenvalue weighted by Gasteiger charge is -2.36. The van der Waals surface area contributed by atoms with Crippen molar-refractivity contribution in [1.29, 1.82) is 0 Å². The molecular weight excluding hydrogens is 522 g/mol. The van der Waals surface area contributed by atoms with Crippen LogP contribution in [-0.4, -0.2) is 59.0 Å². The van der Waals surface area contributed by atoms with E-state index in [0.717, 1.165) is 16.7 Å². The van der Waals surface area contributed by atoms with Gasteiger partial charge in [-0.3, -0.25) is 9.59 Å². The number of rotatable bonds is 10. The van der Waals surface area contributed by atoms with Gasteiger partial charge in [-0.25, -0.2) is 8.42 Å². The number of esters is 1. The molecule has 0 spiro atoms. The van der Waals surface area contributed by atoms with E-state index in [2.05, 4.69) is 0 Å². The van der Waals surface area contributed by atoms with Crippen molar-refractivity contribution in [1.82, 2.24) is 4.31 Å². The minimum Gasteiger partial charge on any atom is -0.493 e.